The molecular weight excluding hydrogens is 254 g/mol. The van der Waals surface area contributed by atoms with Crippen LogP contribution in [0.1, 0.15) is 5.56 Å². The van der Waals surface area contributed by atoms with Gasteiger partial charge in [0.15, 0.2) is 5.75 Å². The Hall–Kier alpha value is -1.09. The van der Waals surface area contributed by atoms with Gasteiger partial charge in [0.2, 0.25) is 0 Å². The summed E-state index contributed by atoms with van der Waals surface area (Å²) in [5, 5.41) is 10.4. The van der Waals surface area contributed by atoms with E-state index in [-0.39, 0.29) is 11.4 Å². The van der Waals surface area contributed by atoms with Crippen molar-refractivity contribution in [3.63, 3.8) is 0 Å². The monoisotopic (exact) mass is 264 g/mol. The lowest BCUT2D eigenvalue weighted by Gasteiger charge is -1.94. The summed E-state index contributed by atoms with van der Waals surface area (Å²) < 4.78 is 27.6. The van der Waals surface area contributed by atoms with Crippen LogP contribution in [-0.2, 0) is 25.8 Å². The van der Waals surface area contributed by atoms with Gasteiger partial charge in [-0.2, -0.15) is 4.21 Å². The lowest BCUT2D eigenvalue weighted by atomic mass is 10.1. The van der Waals surface area contributed by atoms with Crippen molar-refractivity contribution in [2.45, 2.75) is 6.42 Å². The minimum Gasteiger partial charge on any atom is -0.258 e. The standard InChI is InChI=1S/C8H9NO5S2/c10-9(11)8-3-1-7(2-4-8)5-6-15-16(12,13)14/h1-4H,5-6H2,(H-,12,13,14)/p+1. The smallest absolute Gasteiger partial charge is 0.258 e. The number of non-ortho nitro benzene ring substituents is 1. The molecule has 2 N–H and O–H groups in total. The molecule has 88 valence electrons. The number of nitro benzene ring substituents is 1. The molecule has 0 aliphatic heterocycles. The van der Waals surface area contributed by atoms with E-state index in [4.69, 9.17) is 9.11 Å². The quantitative estimate of drug-likeness (QED) is 0.486. The molecule has 0 amide bonds. The van der Waals surface area contributed by atoms with E-state index in [0.717, 1.165) is 5.56 Å². The second-order valence-electron chi connectivity index (χ2n) is 2.94. The van der Waals surface area contributed by atoms with Gasteiger partial charge in [0.25, 0.3) is 16.0 Å². The highest BCUT2D eigenvalue weighted by molar-refractivity contribution is 8.34. The number of rotatable bonds is 4. The van der Waals surface area contributed by atoms with Gasteiger partial charge in [0.05, 0.1) is 4.92 Å². The Balaban J connectivity index is 2.63. The van der Waals surface area contributed by atoms with Crippen LogP contribution < -0.4 is 0 Å². The van der Waals surface area contributed by atoms with Gasteiger partial charge in [-0.05, 0) is 5.56 Å². The van der Waals surface area contributed by atoms with Crippen LogP contribution in [0.25, 0.3) is 0 Å². The van der Waals surface area contributed by atoms with Crippen molar-refractivity contribution in [1.29, 1.82) is 0 Å². The van der Waals surface area contributed by atoms with Crippen molar-refractivity contribution in [2.24, 2.45) is 0 Å². The normalized spacial score (nSPS) is 11.1. The van der Waals surface area contributed by atoms with Gasteiger partial charge in [-0.15, -0.1) is 0 Å². The van der Waals surface area contributed by atoms with E-state index in [1.54, 1.807) is 12.1 Å². The molecule has 0 unspecified atom stereocenters. The maximum absolute atomic E-state index is 10.5. The first-order chi connectivity index (χ1) is 7.38. The first-order valence-electron chi connectivity index (χ1n) is 4.25. The van der Waals surface area contributed by atoms with Gasteiger partial charge in [-0.25, -0.2) is 0 Å². The molecule has 0 fully saturated rings. The van der Waals surface area contributed by atoms with Gasteiger partial charge in [0.1, 0.15) is 0 Å². The fourth-order valence-electron chi connectivity index (χ4n) is 1.05. The van der Waals surface area contributed by atoms with Gasteiger partial charge in [0, 0.05) is 18.6 Å². The molecule has 0 saturated carbocycles. The average molecular weight is 264 g/mol. The molecular formula is C8H10NO5S2+. The lowest BCUT2D eigenvalue weighted by Crippen LogP contribution is -2.00. The Morgan fingerprint density at radius 2 is 1.88 bits per heavy atom. The molecule has 0 aromatic heterocycles. The highest BCUT2D eigenvalue weighted by Gasteiger charge is 2.10. The predicted molar refractivity (Wildman–Crippen MR) is 62.4 cm³/mol. The minimum atomic E-state index is -3.76. The van der Waals surface area contributed by atoms with Crippen LogP contribution in [0.2, 0.25) is 0 Å². The highest BCUT2D eigenvalue weighted by Crippen LogP contribution is 2.12. The van der Waals surface area contributed by atoms with Crippen molar-refractivity contribution in [2.75, 3.05) is 5.75 Å². The van der Waals surface area contributed by atoms with Crippen molar-refractivity contribution in [3.05, 3.63) is 39.9 Å². The fraction of sp³-hybridized carbons (Fsp3) is 0.250. The SMILES string of the molecule is O=[N+]([O-])c1ccc(CC[S+]=S(=O)(O)O)cc1. The van der Waals surface area contributed by atoms with Crippen LogP contribution in [-0.4, -0.2) is 24.0 Å². The van der Waals surface area contributed by atoms with Crippen molar-refractivity contribution in [3.8, 4) is 0 Å². The number of hydrogen-bond donors (Lipinski definition) is 2. The number of benzene rings is 1. The third-order valence-electron chi connectivity index (χ3n) is 1.77. The van der Waals surface area contributed by atoms with Crippen molar-refractivity contribution >= 4 is 25.1 Å². The number of nitro groups is 1. The van der Waals surface area contributed by atoms with Crippen LogP contribution in [0.5, 0.6) is 0 Å². The second kappa shape index (κ2) is 5.30. The Morgan fingerprint density at radius 1 is 1.31 bits per heavy atom. The highest BCUT2D eigenvalue weighted by atomic mass is 32.9. The topological polar surface area (TPSA) is 101 Å². The zero-order chi connectivity index (χ0) is 12.2. The second-order valence-corrected chi connectivity index (χ2v) is 6.49. The molecule has 8 heteroatoms. The van der Waals surface area contributed by atoms with Crippen LogP contribution in [0, 0.1) is 10.1 Å². The van der Waals surface area contributed by atoms with Crippen LogP contribution in [0.4, 0.5) is 5.69 Å². The average Bonchev–Trinajstić information content (AvgIpc) is 2.16. The summed E-state index contributed by atoms with van der Waals surface area (Å²) in [6.45, 7) is 0. The third-order valence-corrected chi connectivity index (χ3v) is 3.87. The molecule has 16 heavy (non-hydrogen) atoms. The summed E-state index contributed by atoms with van der Waals surface area (Å²) >= 11 is 0. The zero-order valence-corrected chi connectivity index (χ0v) is 9.74. The van der Waals surface area contributed by atoms with Crippen LogP contribution in [0.3, 0.4) is 0 Å². The summed E-state index contributed by atoms with van der Waals surface area (Å²) in [6.07, 6.45) is 0.459. The third kappa shape index (κ3) is 4.62. The molecule has 0 spiro atoms. The summed E-state index contributed by atoms with van der Waals surface area (Å²) in [5.41, 5.74) is 0.811. The maximum Gasteiger partial charge on any atom is 0.430 e. The van der Waals surface area contributed by atoms with E-state index in [9.17, 15) is 14.3 Å². The van der Waals surface area contributed by atoms with E-state index < -0.39 is 14.0 Å². The Bertz CT molecular complexity index is 482. The van der Waals surface area contributed by atoms with Crippen LogP contribution in [0.15, 0.2) is 24.3 Å². The molecule has 0 heterocycles. The summed E-state index contributed by atoms with van der Waals surface area (Å²) in [7, 11) is -3.21. The molecule has 1 rings (SSSR count). The predicted octanol–water partition coefficient (Wildman–Crippen LogP) is 1.37. The lowest BCUT2D eigenvalue weighted by molar-refractivity contribution is -0.384. The van der Waals surface area contributed by atoms with Crippen LogP contribution >= 0.6 is 0 Å². The first-order valence-corrected chi connectivity index (χ1v) is 7.23. The van der Waals surface area contributed by atoms with Gasteiger partial charge >= 0.3 is 9.05 Å². The molecule has 0 atom stereocenters. The first kappa shape index (κ1) is 13.0. The summed E-state index contributed by atoms with van der Waals surface area (Å²) in [5.74, 6) is 0.268. The zero-order valence-electron chi connectivity index (χ0n) is 8.11. The van der Waals surface area contributed by atoms with E-state index >= 15 is 0 Å². The molecule has 0 aliphatic carbocycles. The maximum atomic E-state index is 10.5. The van der Waals surface area contributed by atoms with E-state index in [2.05, 4.69) is 0 Å². The Kier molecular flexibility index (Phi) is 4.30. The summed E-state index contributed by atoms with van der Waals surface area (Å²) in [6, 6.07) is 5.90. The molecule has 1 aromatic rings. The Morgan fingerprint density at radius 3 is 2.31 bits per heavy atom. The summed E-state index contributed by atoms with van der Waals surface area (Å²) in [4.78, 5) is 9.86. The van der Waals surface area contributed by atoms with Crippen molar-refractivity contribution < 1.29 is 18.2 Å². The van der Waals surface area contributed by atoms with Crippen molar-refractivity contribution in [1.82, 2.24) is 0 Å². The Labute approximate surface area is 95.7 Å². The number of hydrogen-bond acceptors (Lipinski definition) is 3. The van der Waals surface area contributed by atoms with E-state index in [1.165, 1.54) is 12.1 Å². The van der Waals surface area contributed by atoms with Gasteiger partial charge < -0.3 is 0 Å². The van der Waals surface area contributed by atoms with E-state index in [0.29, 0.717) is 16.7 Å². The minimum absolute atomic E-state index is 0.00418. The number of aryl methyl sites for hydroxylation is 1. The molecule has 0 bridgehead atoms. The van der Waals surface area contributed by atoms with E-state index in [1.807, 2.05) is 0 Å². The van der Waals surface area contributed by atoms with Gasteiger partial charge in [-0.1, -0.05) is 12.1 Å². The van der Waals surface area contributed by atoms with Gasteiger partial charge in [-0.3, -0.25) is 19.2 Å². The molecule has 1 aromatic carbocycles. The largest absolute Gasteiger partial charge is 0.430 e. The molecule has 6 nitrogen and oxygen atoms in total. The molecule has 0 radical (unpaired) electrons. The molecule has 0 saturated heterocycles. The molecule has 0 aliphatic rings. The number of nitrogens with zero attached hydrogens (tertiary/aromatic N) is 1. The fourth-order valence-corrected chi connectivity index (χ4v) is 2.49.